The number of hydrogen-bond donors (Lipinski definition) is 0. The van der Waals surface area contributed by atoms with E-state index < -0.39 is 35.3 Å². The van der Waals surface area contributed by atoms with Gasteiger partial charge in [0.25, 0.3) is 0 Å². The topological polar surface area (TPSA) is 125 Å². The second-order valence-electron chi connectivity index (χ2n) is 22.8. The van der Waals surface area contributed by atoms with Gasteiger partial charge in [-0.15, -0.1) is 0 Å². The lowest BCUT2D eigenvalue weighted by molar-refractivity contribution is -0.167. The van der Waals surface area contributed by atoms with Crippen molar-refractivity contribution in [2.24, 2.45) is 0 Å². The van der Waals surface area contributed by atoms with Gasteiger partial charge in [-0.05, 0) is 195 Å². The second-order valence-corrected chi connectivity index (χ2v) is 23.2. The molecule has 0 amide bonds. The molecule has 0 spiro atoms. The van der Waals surface area contributed by atoms with Crippen molar-refractivity contribution in [3.8, 4) is 50.6 Å². The van der Waals surface area contributed by atoms with E-state index in [-0.39, 0.29) is 30.7 Å². The highest BCUT2D eigenvalue weighted by atomic mass is 35.5. The largest absolute Gasteiger partial charge is 0.493 e. The van der Waals surface area contributed by atoms with Gasteiger partial charge in [-0.1, -0.05) is 84.4 Å². The van der Waals surface area contributed by atoms with Crippen molar-refractivity contribution in [1.82, 2.24) is 9.97 Å². The van der Waals surface area contributed by atoms with E-state index in [0.29, 0.717) is 83.9 Å². The molecule has 8 aromatic rings. The van der Waals surface area contributed by atoms with E-state index >= 15 is 0 Å². The normalized spacial score (nSPS) is 12.1. The summed E-state index contributed by atoms with van der Waals surface area (Å²) in [6, 6.07) is 42.3. The molecule has 0 aliphatic rings. The maximum Gasteiger partial charge on any atom is 0.340 e. The van der Waals surface area contributed by atoms with Gasteiger partial charge in [-0.3, -0.25) is 9.97 Å². The third-order valence-electron chi connectivity index (χ3n) is 13.8. The molecule has 87 heavy (non-hydrogen) atoms. The van der Waals surface area contributed by atoms with E-state index in [1.54, 1.807) is 50.2 Å². The summed E-state index contributed by atoms with van der Waals surface area (Å²) in [6.07, 6.45) is -0.0887. The molecule has 0 N–H and O–H groups in total. The SMILES string of the molecule is CCOC(=O)[C@@H](OC(C)(C)C)c1c(C)nc(C)c(-c2ccc(OCCc3ccc(F)cc3)cc2)c1-c1ccc(OCCc2ccc(F)cc2)cc1.CCOC(=O)[C@@H](OC(C)(C)C)c1c(C)nc(C)c(-c2ccc(OCCc3ccc(F)cc3)cc2)c1Cl. The summed E-state index contributed by atoms with van der Waals surface area (Å²) in [4.78, 5) is 36.1. The van der Waals surface area contributed by atoms with E-state index in [2.05, 4.69) is 4.98 Å². The molecule has 11 nitrogen and oxygen atoms in total. The van der Waals surface area contributed by atoms with Gasteiger partial charge in [-0.2, -0.15) is 0 Å². The second kappa shape index (κ2) is 30.5. The molecule has 0 saturated heterocycles. The number of esters is 2. The summed E-state index contributed by atoms with van der Waals surface area (Å²) in [5.74, 6) is 0.311. The van der Waals surface area contributed by atoms with E-state index in [4.69, 9.17) is 49.7 Å². The molecular weight excluding hydrogens is 1130 g/mol. The fraction of sp³-hybridized carbons (Fsp3) is 0.333. The minimum atomic E-state index is -1.03. The zero-order valence-electron chi connectivity index (χ0n) is 51.7. The molecule has 0 radical (unpaired) electrons. The number of aryl methyl sites for hydroxylation is 4. The van der Waals surface area contributed by atoms with E-state index in [9.17, 15) is 22.8 Å². The lowest BCUT2D eigenvalue weighted by Gasteiger charge is -2.30. The lowest BCUT2D eigenvalue weighted by atomic mass is 9.86. The number of halogens is 4. The number of nitrogens with zero attached hydrogens (tertiary/aromatic N) is 2. The van der Waals surface area contributed by atoms with Crippen molar-refractivity contribution in [2.75, 3.05) is 33.0 Å². The molecule has 6 aromatic carbocycles. The number of pyridine rings is 2. The maximum absolute atomic E-state index is 13.6. The van der Waals surface area contributed by atoms with Gasteiger partial charge in [0.1, 0.15) is 34.7 Å². The van der Waals surface area contributed by atoms with Crippen LogP contribution >= 0.6 is 11.6 Å². The first-order chi connectivity index (χ1) is 41.4. The average Bonchev–Trinajstić information content (AvgIpc) is 1.05. The van der Waals surface area contributed by atoms with Crippen LogP contribution in [0.2, 0.25) is 5.02 Å². The smallest absolute Gasteiger partial charge is 0.340 e. The molecule has 0 aliphatic heterocycles. The average molecular weight is 1210 g/mol. The van der Waals surface area contributed by atoms with Crippen molar-refractivity contribution in [3.05, 3.63) is 219 Å². The van der Waals surface area contributed by atoms with Gasteiger partial charge in [-0.25, -0.2) is 22.8 Å². The van der Waals surface area contributed by atoms with Crippen LogP contribution in [0.1, 0.15) is 118 Å². The van der Waals surface area contributed by atoms with Crippen molar-refractivity contribution in [2.45, 2.75) is 126 Å². The van der Waals surface area contributed by atoms with Crippen molar-refractivity contribution < 1.29 is 55.9 Å². The van der Waals surface area contributed by atoms with Gasteiger partial charge < -0.3 is 33.2 Å². The lowest BCUT2D eigenvalue weighted by Crippen LogP contribution is -2.30. The van der Waals surface area contributed by atoms with Crippen LogP contribution in [0, 0.1) is 45.1 Å². The summed E-state index contributed by atoms with van der Waals surface area (Å²) < 4.78 is 81.0. The van der Waals surface area contributed by atoms with Crippen LogP contribution in [0.25, 0.3) is 33.4 Å². The Balaban J connectivity index is 0.000000264. The Kier molecular flexibility index (Phi) is 23.3. The fourth-order valence-corrected chi connectivity index (χ4v) is 10.3. The van der Waals surface area contributed by atoms with Crippen molar-refractivity contribution in [3.63, 3.8) is 0 Å². The van der Waals surface area contributed by atoms with Crippen LogP contribution in [0.5, 0.6) is 17.2 Å². The standard InChI is InChI=1S/C43H45F2NO5.C29H33ClFNO4/c1-7-48-42(47)41(51-43(4,5)6)39-29(3)46-28(2)38(32-12-20-36(21-13-32)49-26-24-30-8-16-34(44)17-9-30)40(39)33-14-22-37(23-15-33)50-27-25-31-10-18-35(45)19-11-31;1-7-34-28(33)27(36-29(4,5)6)25-19(3)32-18(2)24(26(25)30)21-10-14-23(15-11-21)35-17-16-20-8-12-22(31)13-9-20/h8-23,41H,7,24-27H2,1-6H3;8-15,27H,7,16-17H2,1-6H3/t41-;27-/m00/s1. The van der Waals surface area contributed by atoms with E-state index in [1.807, 2.05) is 142 Å². The number of rotatable bonds is 23. The number of carbonyl (C=O) groups excluding carboxylic acids is 2. The molecule has 2 aromatic heterocycles. The van der Waals surface area contributed by atoms with Crippen molar-refractivity contribution in [1.29, 1.82) is 0 Å². The highest BCUT2D eigenvalue weighted by Gasteiger charge is 2.36. The molecule has 0 saturated carbocycles. The highest BCUT2D eigenvalue weighted by Crippen LogP contribution is 2.44. The molecular formula is C72H78ClF3N2O9. The molecule has 2 heterocycles. The van der Waals surface area contributed by atoms with Crippen LogP contribution in [-0.4, -0.2) is 66.1 Å². The predicted octanol–water partition coefficient (Wildman–Crippen LogP) is 17.2. The monoisotopic (exact) mass is 1210 g/mol. The predicted molar refractivity (Wildman–Crippen MR) is 336 cm³/mol. The number of benzene rings is 6. The molecule has 0 aliphatic carbocycles. The minimum absolute atomic E-state index is 0.204. The number of hydrogen-bond acceptors (Lipinski definition) is 11. The van der Waals surface area contributed by atoms with Crippen LogP contribution in [0.3, 0.4) is 0 Å². The first-order valence-corrected chi connectivity index (χ1v) is 29.6. The number of carbonyl (C=O) groups is 2. The van der Waals surface area contributed by atoms with Gasteiger partial charge in [0.15, 0.2) is 12.2 Å². The van der Waals surface area contributed by atoms with Crippen LogP contribution in [0.4, 0.5) is 13.2 Å². The highest BCUT2D eigenvalue weighted by molar-refractivity contribution is 6.34. The summed E-state index contributed by atoms with van der Waals surface area (Å²) in [5, 5.41) is 0.410. The molecule has 0 unspecified atom stereocenters. The number of aromatic nitrogens is 2. The first kappa shape index (κ1) is 66.5. The molecule has 458 valence electrons. The quantitative estimate of drug-likeness (QED) is 0.0569. The molecule has 15 heteroatoms. The summed E-state index contributed by atoms with van der Waals surface area (Å²) in [7, 11) is 0. The number of ether oxygens (including phenoxy) is 7. The summed E-state index contributed by atoms with van der Waals surface area (Å²) in [5.41, 5.74) is 10.6. The Morgan fingerprint density at radius 2 is 0.724 bits per heavy atom. The molecule has 2 atom stereocenters. The zero-order valence-corrected chi connectivity index (χ0v) is 52.5. The molecule has 0 bridgehead atoms. The molecule has 8 rings (SSSR count). The Morgan fingerprint density at radius 3 is 1.06 bits per heavy atom. The Labute approximate surface area is 515 Å². The summed E-state index contributed by atoms with van der Waals surface area (Å²) in [6.45, 7) is 24.2. The third-order valence-corrected chi connectivity index (χ3v) is 14.2. The third kappa shape index (κ3) is 19.0. The van der Waals surface area contributed by atoms with Gasteiger partial charge >= 0.3 is 11.9 Å². The van der Waals surface area contributed by atoms with Crippen LogP contribution in [0.15, 0.2) is 146 Å². The van der Waals surface area contributed by atoms with Gasteiger partial charge in [0.2, 0.25) is 0 Å². The van der Waals surface area contributed by atoms with Crippen molar-refractivity contribution >= 4 is 23.5 Å². The minimum Gasteiger partial charge on any atom is -0.493 e. The Bertz CT molecular complexity index is 3550. The first-order valence-electron chi connectivity index (χ1n) is 29.2. The molecule has 0 fully saturated rings. The fourth-order valence-electron chi connectivity index (χ4n) is 9.86. The van der Waals surface area contributed by atoms with E-state index in [0.717, 1.165) is 61.5 Å². The van der Waals surface area contributed by atoms with Crippen LogP contribution < -0.4 is 14.2 Å². The maximum atomic E-state index is 13.6. The summed E-state index contributed by atoms with van der Waals surface area (Å²) >= 11 is 6.94. The van der Waals surface area contributed by atoms with E-state index in [1.165, 1.54) is 36.4 Å². The Morgan fingerprint density at radius 1 is 0.425 bits per heavy atom. The van der Waals surface area contributed by atoms with Gasteiger partial charge in [0.05, 0.1) is 49.3 Å². The van der Waals surface area contributed by atoms with Gasteiger partial charge in [0, 0.05) is 64.3 Å². The van der Waals surface area contributed by atoms with Crippen LogP contribution in [-0.2, 0) is 47.8 Å². The zero-order chi connectivity index (χ0) is 63.0. The Hall–Kier alpha value is -8.04.